The molecule has 26 heavy (non-hydrogen) atoms. The van der Waals surface area contributed by atoms with Gasteiger partial charge >= 0.3 is 0 Å². The van der Waals surface area contributed by atoms with Crippen molar-refractivity contribution in [3.8, 4) is 17.0 Å². The number of thioether (sulfide) groups is 1. The van der Waals surface area contributed by atoms with E-state index in [1.165, 1.54) is 16.8 Å². The smallest absolute Gasteiger partial charge is 0.187 e. The monoisotopic (exact) mass is 367 g/mol. The van der Waals surface area contributed by atoms with Crippen molar-refractivity contribution in [3.05, 3.63) is 53.5 Å². The molecule has 1 aliphatic rings. The van der Waals surface area contributed by atoms with Gasteiger partial charge < -0.3 is 4.74 Å². The fourth-order valence-electron chi connectivity index (χ4n) is 3.27. The molecule has 7 heteroatoms. The molecule has 0 saturated carbocycles. The summed E-state index contributed by atoms with van der Waals surface area (Å²) in [6.07, 6.45) is 6.86. The number of aromatic nitrogens is 4. The van der Waals surface area contributed by atoms with Gasteiger partial charge in [-0.2, -0.15) is 5.10 Å². The summed E-state index contributed by atoms with van der Waals surface area (Å²) in [6.45, 7) is 2.71. The molecule has 0 aliphatic carbocycles. The standard InChI is InChI=1S/C19H21N5OS/c1-25-16-5-3-13(4-6-16)18-15(10-21-23-18)12-24-8-7-17-14(11-24)9-20-19(22-17)26-2/h3-6,9-10H,7-8,11-12H2,1-2H3,(H,21,23). The summed E-state index contributed by atoms with van der Waals surface area (Å²) in [4.78, 5) is 11.5. The zero-order valence-corrected chi connectivity index (χ0v) is 15.7. The SMILES string of the molecule is COc1ccc(-c2[nH]ncc2CN2CCc3nc(SC)ncc3C2)cc1. The van der Waals surface area contributed by atoms with E-state index >= 15 is 0 Å². The quantitative estimate of drug-likeness (QED) is 0.552. The number of hydrogen-bond acceptors (Lipinski definition) is 6. The van der Waals surface area contributed by atoms with Crippen LogP contribution in [0.2, 0.25) is 0 Å². The van der Waals surface area contributed by atoms with Crippen molar-refractivity contribution in [1.82, 2.24) is 25.1 Å². The van der Waals surface area contributed by atoms with Gasteiger partial charge in [-0.25, -0.2) is 9.97 Å². The number of ether oxygens (including phenoxy) is 1. The highest BCUT2D eigenvalue weighted by atomic mass is 32.2. The molecule has 0 bridgehead atoms. The lowest BCUT2D eigenvalue weighted by Crippen LogP contribution is -2.31. The molecule has 6 nitrogen and oxygen atoms in total. The van der Waals surface area contributed by atoms with Gasteiger partial charge in [0.25, 0.3) is 0 Å². The molecule has 1 aromatic carbocycles. The Kier molecular flexibility index (Phi) is 4.90. The molecule has 0 saturated heterocycles. The van der Waals surface area contributed by atoms with E-state index in [4.69, 9.17) is 4.74 Å². The Hall–Kier alpha value is -2.38. The second-order valence-electron chi connectivity index (χ2n) is 6.29. The second-order valence-corrected chi connectivity index (χ2v) is 7.06. The van der Waals surface area contributed by atoms with E-state index in [0.717, 1.165) is 48.2 Å². The molecule has 134 valence electrons. The van der Waals surface area contributed by atoms with Crippen LogP contribution in [0.25, 0.3) is 11.3 Å². The van der Waals surface area contributed by atoms with Gasteiger partial charge in [-0.05, 0) is 30.5 Å². The maximum absolute atomic E-state index is 5.24. The van der Waals surface area contributed by atoms with Crippen LogP contribution >= 0.6 is 11.8 Å². The van der Waals surface area contributed by atoms with Crippen molar-refractivity contribution in [3.63, 3.8) is 0 Å². The van der Waals surface area contributed by atoms with Crippen LogP contribution in [0.3, 0.4) is 0 Å². The summed E-state index contributed by atoms with van der Waals surface area (Å²) in [7, 11) is 1.68. The zero-order valence-electron chi connectivity index (χ0n) is 14.9. The van der Waals surface area contributed by atoms with Gasteiger partial charge in [0, 0.05) is 48.9 Å². The molecule has 1 N–H and O–H groups in total. The van der Waals surface area contributed by atoms with Crippen LogP contribution in [0.4, 0.5) is 0 Å². The Labute approximate surface area is 157 Å². The summed E-state index contributed by atoms with van der Waals surface area (Å²) in [6, 6.07) is 8.05. The molecule has 4 rings (SSSR count). The lowest BCUT2D eigenvalue weighted by Gasteiger charge is -2.27. The average Bonchev–Trinajstić information content (AvgIpc) is 3.15. The third kappa shape index (κ3) is 3.45. The van der Waals surface area contributed by atoms with Crippen LogP contribution < -0.4 is 4.74 Å². The Morgan fingerprint density at radius 2 is 2.08 bits per heavy atom. The lowest BCUT2D eigenvalue weighted by atomic mass is 10.0. The van der Waals surface area contributed by atoms with E-state index in [0.29, 0.717) is 0 Å². The molecule has 0 spiro atoms. The van der Waals surface area contributed by atoms with E-state index in [9.17, 15) is 0 Å². The Bertz CT molecular complexity index is 893. The number of nitrogens with zero attached hydrogens (tertiary/aromatic N) is 4. The molecule has 3 aromatic rings. The van der Waals surface area contributed by atoms with E-state index in [1.807, 2.05) is 30.8 Å². The number of H-pyrrole nitrogens is 1. The minimum atomic E-state index is 0.849. The maximum atomic E-state index is 5.24. The van der Waals surface area contributed by atoms with Crippen LogP contribution in [-0.2, 0) is 19.5 Å². The molecule has 2 aromatic heterocycles. The molecule has 3 heterocycles. The molecular weight excluding hydrogens is 346 g/mol. The Morgan fingerprint density at radius 3 is 2.85 bits per heavy atom. The zero-order chi connectivity index (χ0) is 17.9. The largest absolute Gasteiger partial charge is 0.497 e. The number of aromatic amines is 1. The van der Waals surface area contributed by atoms with Crippen LogP contribution in [0.15, 0.2) is 41.8 Å². The minimum Gasteiger partial charge on any atom is -0.497 e. The fraction of sp³-hybridized carbons (Fsp3) is 0.316. The van der Waals surface area contributed by atoms with Crippen LogP contribution in [-0.4, -0.2) is 45.0 Å². The van der Waals surface area contributed by atoms with Crippen molar-refractivity contribution >= 4 is 11.8 Å². The highest BCUT2D eigenvalue weighted by Crippen LogP contribution is 2.26. The molecule has 0 radical (unpaired) electrons. The Balaban J connectivity index is 1.51. The predicted octanol–water partition coefficient (Wildman–Crippen LogP) is 3.16. The van der Waals surface area contributed by atoms with E-state index in [1.54, 1.807) is 18.9 Å². The normalized spacial score (nSPS) is 14.2. The molecule has 1 aliphatic heterocycles. The summed E-state index contributed by atoms with van der Waals surface area (Å²) in [5.74, 6) is 0.854. The summed E-state index contributed by atoms with van der Waals surface area (Å²) < 4.78 is 5.24. The number of fused-ring (bicyclic) bond motifs is 1. The first-order valence-electron chi connectivity index (χ1n) is 8.54. The van der Waals surface area contributed by atoms with E-state index in [2.05, 4.69) is 37.2 Å². The van der Waals surface area contributed by atoms with Gasteiger partial charge in [-0.1, -0.05) is 11.8 Å². The maximum Gasteiger partial charge on any atom is 0.187 e. The number of rotatable bonds is 5. The van der Waals surface area contributed by atoms with Crippen LogP contribution in [0.5, 0.6) is 5.75 Å². The lowest BCUT2D eigenvalue weighted by molar-refractivity contribution is 0.242. The van der Waals surface area contributed by atoms with Gasteiger partial charge in [0.05, 0.1) is 24.7 Å². The minimum absolute atomic E-state index is 0.849. The first-order valence-corrected chi connectivity index (χ1v) is 9.77. The summed E-state index contributed by atoms with van der Waals surface area (Å²) in [5.41, 5.74) is 5.78. The van der Waals surface area contributed by atoms with E-state index in [-0.39, 0.29) is 0 Å². The van der Waals surface area contributed by atoms with Crippen LogP contribution in [0, 0.1) is 0 Å². The highest BCUT2D eigenvalue weighted by Gasteiger charge is 2.20. The topological polar surface area (TPSA) is 66.9 Å². The van der Waals surface area contributed by atoms with Gasteiger partial charge in [0.2, 0.25) is 0 Å². The molecule has 0 atom stereocenters. The average molecular weight is 367 g/mol. The van der Waals surface area contributed by atoms with Gasteiger partial charge in [0.1, 0.15) is 5.75 Å². The van der Waals surface area contributed by atoms with Crippen molar-refractivity contribution in [2.45, 2.75) is 24.7 Å². The van der Waals surface area contributed by atoms with Gasteiger partial charge in [-0.15, -0.1) is 0 Å². The molecule has 0 fully saturated rings. The van der Waals surface area contributed by atoms with Gasteiger partial charge in [0.15, 0.2) is 5.16 Å². The third-order valence-corrected chi connectivity index (χ3v) is 5.23. The summed E-state index contributed by atoms with van der Waals surface area (Å²) >= 11 is 1.59. The number of nitrogens with one attached hydrogen (secondary N) is 1. The van der Waals surface area contributed by atoms with Crippen molar-refractivity contribution in [2.24, 2.45) is 0 Å². The second kappa shape index (κ2) is 7.47. The van der Waals surface area contributed by atoms with Crippen molar-refractivity contribution in [2.75, 3.05) is 19.9 Å². The summed E-state index contributed by atoms with van der Waals surface area (Å²) in [5, 5.41) is 8.26. The Morgan fingerprint density at radius 1 is 1.23 bits per heavy atom. The third-order valence-electron chi connectivity index (χ3n) is 4.66. The predicted molar refractivity (Wildman–Crippen MR) is 102 cm³/mol. The first-order chi connectivity index (χ1) is 12.8. The molecule has 0 amide bonds. The number of methoxy groups -OCH3 is 1. The number of hydrogen-bond donors (Lipinski definition) is 1. The van der Waals surface area contributed by atoms with Crippen molar-refractivity contribution < 1.29 is 4.74 Å². The first kappa shape index (κ1) is 17.1. The molecule has 0 unspecified atom stereocenters. The fourth-order valence-corrected chi connectivity index (χ4v) is 3.63. The molecular formula is C19H21N5OS. The van der Waals surface area contributed by atoms with Gasteiger partial charge in [-0.3, -0.25) is 10.00 Å². The van der Waals surface area contributed by atoms with E-state index < -0.39 is 0 Å². The van der Waals surface area contributed by atoms with Crippen LogP contribution in [0.1, 0.15) is 16.8 Å². The number of benzene rings is 1. The highest BCUT2D eigenvalue weighted by molar-refractivity contribution is 7.98. The van der Waals surface area contributed by atoms with Crippen molar-refractivity contribution in [1.29, 1.82) is 0 Å².